The van der Waals surface area contributed by atoms with Crippen molar-refractivity contribution in [1.29, 1.82) is 0 Å². The van der Waals surface area contributed by atoms with Crippen LogP contribution in [0.1, 0.15) is 15.9 Å². The molecule has 0 saturated carbocycles. The largest absolute Gasteiger partial charge is 0.493 e. The van der Waals surface area contributed by atoms with Crippen LogP contribution in [-0.2, 0) is 16.6 Å². The van der Waals surface area contributed by atoms with Gasteiger partial charge in [0.05, 0.1) is 24.7 Å². The molecule has 9 heteroatoms. The average molecular weight is 383 g/mol. The average Bonchev–Trinajstić information content (AvgIpc) is 2.61. The van der Waals surface area contributed by atoms with E-state index in [1.807, 2.05) is 0 Å². The van der Waals surface area contributed by atoms with Crippen LogP contribution in [0.3, 0.4) is 0 Å². The van der Waals surface area contributed by atoms with Crippen LogP contribution < -0.4 is 9.47 Å². The lowest BCUT2D eigenvalue weighted by Gasteiger charge is -2.18. The highest BCUT2D eigenvalue weighted by Crippen LogP contribution is 2.28. The molecular weight excluding hydrogens is 365 g/mol. The molecular formula is C17H18FNO6S. The summed E-state index contributed by atoms with van der Waals surface area (Å²) in [4.78, 5) is 10.7. The van der Waals surface area contributed by atoms with Gasteiger partial charge < -0.3 is 14.6 Å². The number of carboxylic acid groups (broad SMARTS) is 1. The Morgan fingerprint density at radius 2 is 1.77 bits per heavy atom. The predicted molar refractivity (Wildman–Crippen MR) is 91.6 cm³/mol. The highest BCUT2D eigenvalue weighted by Gasteiger charge is 2.24. The lowest BCUT2D eigenvalue weighted by atomic mass is 10.2. The SMILES string of the molecule is COc1ccc(CN(C)S(=O)(=O)c2ccc(F)c(C(=O)O)c2)cc1OC. The number of carbonyl (C=O) groups is 1. The first-order valence-corrected chi connectivity index (χ1v) is 8.84. The van der Waals surface area contributed by atoms with E-state index in [9.17, 15) is 17.6 Å². The molecule has 0 radical (unpaired) electrons. The first-order valence-electron chi connectivity index (χ1n) is 7.40. The van der Waals surface area contributed by atoms with Gasteiger partial charge in [-0.05, 0) is 35.9 Å². The molecule has 1 N–H and O–H groups in total. The third kappa shape index (κ3) is 3.94. The molecule has 0 amide bonds. The minimum atomic E-state index is -4.01. The van der Waals surface area contributed by atoms with Crippen molar-refractivity contribution in [2.45, 2.75) is 11.4 Å². The molecule has 0 fully saturated rings. The number of rotatable bonds is 7. The number of hydrogen-bond acceptors (Lipinski definition) is 5. The minimum Gasteiger partial charge on any atom is -0.493 e. The third-order valence-electron chi connectivity index (χ3n) is 3.73. The number of ether oxygens (including phenoxy) is 2. The van der Waals surface area contributed by atoms with Crippen molar-refractivity contribution >= 4 is 16.0 Å². The van der Waals surface area contributed by atoms with Crippen LogP contribution in [0.4, 0.5) is 4.39 Å². The summed E-state index contributed by atoms with van der Waals surface area (Å²) < 4.78 is 50.2. The van der Waals surface area contributed by atoms with Gasteiger partial charge in [-0.3, -0.25) is 0 Å². The maximum absolute atomic E-state index is 13.5. The Labute approximate surface area is 150 Å². The summed E-state index contributed by atoms with van der Waals surface area (Å²) in [6, 6.07) is 7.62. The third-order valence-corrected chi connectivity index (χ3v) is 5.53. The Morgan fingerprint density at radius 1 is 1.12 bits per heavy atom. The number of halogens is 1. The minimum absolute atomic E-state index is 0.00245. The Balaban J connectivity index is 2.32. The van der Waals surface area contributed by atoms with Gasteiger partial charge in [0, 0.05) is 13.6 Å². The van der Waals surface area contributed by atoms with Gasteiger partial charge in [0.25, 0.3) is 0 Å². The Bertz CT molecular complexity index is 929. The van der Waals surface area contributed by atoms with Gasteiger partial charge in [0.2, 0.25) is 10.0 Å². The van der Waals surface area contributed by atoms with E-state index in [2.05, 4.69) is 0 Å². The molecule has 2 aromatic carbocycles. The maximum atomic E-state index is 13.5. The van der Waals surface area contributed by atoms with Crippen molar-refractivity contribution in [3.63, 3.8) is 0 Å². The van der Waals surface area contributed by atoms with Crippen LogP contribution in [0.15, 0.2) is 41.3 Å². The molecule has 2 rings (SSSR count). The highest BCUT2D eigenvalue weighted by molar-refractivity contribution is 7.89. The molecule has 2 aromatic rings. The van der Waals surface area contributed by atoms with Gasteiger partial charge in [-0.15, -0.1) is 0 Å². The van der Waals surface area contributed by atoms with Crippen molar-refractivity contribution in [1.82, 2.24) is 4.31 Å². The maximum Gasteiger partial charge on any atom is 0.338 e. The van der Waals surface area contributed by atoms with Crippen LogP contribution in [0.25, 0.3) is 0 Å². The van der Waals surface area contributed by atoms with Gasteiger partial charge in [-0.2, -0.15) is 4.31 Å². The number of nitrogens with zero attached hydrogens (tertiary/aromatic N) is 1. The summed E-state index contributed by atoms with van der Waals surface area (Å²) in [6.45, 7) is 0.00245. The number of aromatic carboxylic acids is 1. The molecule has 0 aliphatic rings. The lowest BCUT2D eigenvalue weighted by Crippen LogP contribution is -2.26. The van der Waals surface area contributed by atoms with Crippen LogP contribution in [0.5, 0.6) is 11.5 Å². The van der Waals surface area contributed by atoms with E-state index in [0.717, 1.165) is 22.5 Å². The monoisotopic (exact) mass is 383 g/mol. The fourth-order valence-electron chi connectivity index (χ4n) is 2.33. The highest BCUT2D eigenvalue weighted by atomic mass is 32.2. The first kappa shape index (κ1) is 19.7. The zero-order valence-corrected chi connectivity index (χ0v) is 15.2. The van der Waals surface area contributed by atoms with E-state index in [-0.39, 0.29) is 11.4 Å². The van der Waals surface area contributed by atoms with Crippen LogP contribution in [0.2, 0.25) is 0 Å². The molecule has 26 heavy (non-hydrogen) atoms. The summed E-state index contributed by atoms with van der Waals surface area (Å²) >= 11 is 0. The number of carboxylic acids is 1. The molecule has 0 aliphatic heterocycles. The molecule has 0 spiro atoms. The van der Waals surface area contributed by atoms with Crippen LogP contribution in [0, 0.1) is 5.82 Å². The van der Waals surface area contributed by atoms with Crippen LogP contribution in [-0.4, -0.2) is 45.1 Å². The van der Waals surface area contributed by atoms with E-state index in [0.29, 0.717) is 17.1 Å². The number of methoxy groups -OCH3 is 2. The second-order valence-electron chi connectivity index (χ2n) is 5.40. The predicted octanol–water partition coefficient (Wildman–Crippen LogP) is 2.36. The molecule has 7 nitrogen and oxygen atoms in total. The summed E-state index contributed by atoms with van der Waals surface area (Å²) in [6.07, 6.45) is 0. The molecule has 0 aromatic heterocycles. The Kier molecular flexibility index (Phi) is 5.83. The number of sulfonamides is 1. The van der Waals surface area contributed by atoms with Crippen molar-refractivity contribution in [3.8, 4) is 11.5 Å². The van der Waals surface area contributed by atoms with Gasteiger partial charge >= 0.3 is 5.97 Å². The quantitative estimate of drug-likeness (QED) is 0.789. The fourth-order valence-corrected chi connectivity index (χ4v) is 3.52. The summed E-state index contributed by atoms with van der Waals surface area (Å²) in [5, 5.41) is 8.96. The van der Waals surface area contributed by atoms with Crippen molar-refractivity contribution in [3.05, 3.63) is 53.3 Å². The topological polar surface area (TPSA) is 93.1 Å². The molecule has 140 valence electrons. The van der Waals surface area contributed by atoms with E-state index < -0.39 is 27.4 Å². The second kappa shape index (κ2) is 7.71. The smallest absolute Gasteiger partial charge is 0.338 e. The fraction of sp³-hybridized carbons (Fsp3) is 0.235. The van der Waals surface area contributed by atoms with Gasteiger partial charge in [0.15, 0.2) is 11.5 Å². The normalized spacial score (nSPS) is 11.4. The van der Waals surface area contributed by atoms with Crippen molar-refractivity contribution < 1.29 is 32.2 Å². The summed E-state index contributed by atoms with van der Waals surface area (Å²) in [5.74, 6) is -1.58. The van der Waals surface area contributed by atoms with Crippen molar-refractivity contribution in [2.24, 2.45) is 0 Å². The standard InChI is InChI=1S/C17H18FNO6S/c1-19(10-11-4-7-15(24-2)16(8-11)25-3)26(22,23)12-5-6-14(18)13(9-12)17(20)21/h4-9H,10H2,1-3H3,(H,20,21). The van der Waals surface area contributed by atoms with E-state index in [1.165, 1.54) is 21.3 Å². The molecule has 0 heterocycles. The summed E-state index contributed by atoms with van der Waals surface area (Å²) in [7, 11) is 0.284. The summed E-state index contributed by atoms with van der Waals surface area (Å²) in [5.41, 5.74) is -0.0695. The van der Waals surface area contributed by atoms with E-state index >= 15 is 0 Å². The van der Waals surface area contributed by atoms with Gasteiger partial charge in [-0.25, -0.2) is 17.6 Å². The number of benzene rings is 2. The Morgan fingerprint density at radius 3 is 2.35 bits per heavy atom. The Hall–Kier alpha value is -2.65. The molecule has 0 aliphatic carbocycles. The number of hydrogen-bond donors (Lipinski definition) is 1. The lowest BCUT2D eigenvalue weighted by molar-refractivity contribution is 0.0691. The molecule has 0 unspecified atom stereocenters. The van der Waals surface area contributed by atoms with E-state index in [4.69, 9.17) is 14.6 Å². The van der Waals surface area contributed by atoms with Gasteiger partial charge in [0.1, 0.15) is 5.82 Å². The van der Waals surface area contributed by atoms with Crippen LogP contribution >= 0.6 is 0 Å². The first-order chi connectivity index (χ1) is 12.2. The zero-order chi connectivity index (χ0) is 19.5. The second-order valence-corrected chi connectivity index (χ2v) is 7.44. The van der Waals surface area contributed by atoms with Crippen molar-refractivity contribution in [2.75, 3.05) is 21.3 Å². The van der Waals surface area contributed by atoms with Gasteiger partial charge in [-0.1, -0.05) is 6.07 Å². The molecule has 0 saturated heterocycles. The van der Waals surface area contributed by atoms with E-state index in [1.54, 1.807) is 18.2 Å². The molecule has 0 bridgehead atoms. The zero-order valence-electron chi connectivity index (χ0n) is 14.4. The molecule has 0 atom stereocenters.